The summed E-state index contributed by atoms with van der Waals surface area (Å²) in [6.07, 6.45) is 1.91. The summed E-state index contributed by atoms with van der Waals surface area (Å²) in [6, 6.07) is 0. The molecule has 0 aromatic rings. The predicted molar refractivity (Wildman–Crippen MR) is 54.4 cm³/mol. The number of allylic oxidation sites excluding steroid dienone is 1. The number of carbonyl (C=O) groups excluding carboxylic acids is 1. The second-order valence-electron chi connectivity index (χ2n) is 4.57. The van der Waals surface area contributed by atoms with Crippen molar-refractivity contribution in [2.75, 3.05) is 0 Å². The highest BCUT2D eigenvalue weighted by Crippen LogP contribution is 2.12. The minimum atomic E-state index is -0.388. The summed E-state index contributed by atoms with van der Waals surface area (Å²) >= 11 is 0. The fraction of sp³-hybridized carbons (Fsp3) is 0.727. The quantitative estimate of drug-likeness (QED) is 0.487. The second kappa shape index (κ2) is 4.45. The smallest absolute Gasteiger partial charge is 0.313 e. The van der Waals surface area contributed by atoms with Gasteiger partial charge in [0.2, 0.25) is 0 Å². The zero-order valence-corrected chi connectivity index (χ0v) is 9.47. The van der Waals surface area contributed by atoms with Gasteiger partial charge in [0.25, 0.3) is 0 Å². The third-order valence-corrected chi connectivity index (χ3v) is 1.36. The van der Waals surface area contributed by atoms with Crippen LogP contribution in [0, 0.1) is 5.92 Å². The van der Waals surface area contributed by atoms with Crippen LogP contribution in [0.2, 0.25) is 0 Å². The van der Waals surface area contributed by atoms with Gasteiger partial charge in [-0.1, -0.05) is 11.6 Å². The van der Waals surface area contributed by atoms with Crippen molar-refractivity contribution in [2.45, 2.75) is 47.1 Å². The van der Waals surface area contributed by atoms with Crippen LogP contribution in [-0.4, -0.2) is 11.6 Å². The van der Waals surface area contributed by atoms with Crippen molar-refractivity contribution in [1.29, 1.82) is 0 Å². The van der Waals surface area contributed by atoms with E-state index in [9.17, 15) is 4.79 Å². The lowest BCUT2D eigenvalue weighted by Crippen LogP contribution is -2.27. The maximum atomic E-state index is 11.4. The van der Waals surface area contributed by atoms with Crippen molar-refractivity contribution in [3.8, 4) is 0 Å². The molecule has 2 nitrogen and oxygen atoms in total. The molecule has 13 heavy (non-hydrogen) atoms. The van der Waals surface area contributed by atoms with Crippen LogP contribution in [0.15, 0.2) is 11.6 Å². The fourth-order valence-corrected chi connectivity index (χ4v) is 0.963. The molecule has 0 rings (SSSR count). The van der Waals surface area contributed by atoms with E-state index >= 15 is 0 Å². The number of hydrogen-bond donors (Lipinski definition) is 0. The van der Waals surface area contributed by atoms with Crippen LogP contribution in [0.1, 0.15) is 41.5 Å². The van der Waals surface area contributed by atoms with E-state index in [2.05, 4.69) is 0 Å². The Hall–Kier alpha value is -0.790. The first-order valence-corrected chi connectivity index (χ1v) is 4.60. The van der Waals surface area contributed by atoms with Gasteiger partial charge in [-0.25, -0.2) is 0 Å². The minimum Gasteiger partial charge on any atom is -0.460 e. The maximum absolute atomic E-state index is 11.4. The van der Waals surface area contributed by atoms with Gasteiger partial charge < -0.3 is 4.74 Å². The topological polar surface area (TPSA) is 26.3 Å². The molecule has 0 N–H and O–H groups in total. The van der Waals surface area contributed by atoms with Crippen LogP contribution in [0.25, 0.3) is 0 Å². The highest BCUT2D eigenvalue weighted by atomic mass is 16.6. The Morgan fingerprint density at radius 2 is 1.77 bits per heavy atom. The zero-order chi connectivity index (χ0) is 10.6. The fourth-order valence-electron chi connectivity index (χ4n) is 0.963. The summed E-state index contributed by atoms with van der Waals surface area (Å²) in [5, 5.41) is 0. The molecule has 0 radical (unpaired) electrons. The van der Waals surface area contributed by atoms with E-state index in [1.165, 1.54) is 0 Å². The summed E-state index contributed by atoms with van der Waals surface area (Å²) in [5.74, 6) is -0.307. The molecule has 0 unspecified atom stereocenters. The van der Waals surface area contributed by atoms with Gasteiger partial charge in [0.05, 0.1) is 5.92 Å². The van der Waals surface area contributed by atoms with Crippen molar-refractivity contribution < 1.29 is 9.53 Å². The summed E-state index contributed by atoms with van der Waals surface area (Å²) in [5.41, 5.74) is 0.749. The lowest BCUT2D eigenvalue weighted by molar-refractivity contribution is -0.157. The molecule has 0 heterocycles. The highest BCUT2D eigenvalue weighted by Gasteiger charge is 2.19. The maximum Gasteiger partial charge on any atom is 0.313 e. The van der Waals surface area contributed by atoms with Gasteiger partial charge in [-0.3, -0.25) is 4.79 Å². The molecule has 0 amide bonds. The van der Waals surface area contributed by atoms with E-state index in [1.54, 1.807) is 0 Å². The molecule has 1 atom stereocenters. The second-order valence-corrected chi connectivity index (χ2v) is 4.57. The van der Waals surface area contributed by atoms with E-state index < -0.39 is 0 Å². The zero-order valence-electron chi connectivity index (χ0n) is 9.47. The van der Waals surface area contributed by atoms with Crippen molar-refractivity contribution in [2.24, 2.45) is 5.92 Å². The van der Waals surface area contributed by atoms with Crippen molar-refractivity contribution >= 4 is 5.97 Å². The standard InChI is InChI=1S/C11H20O2/c1-8(2)7-9(3)10(12)13-11(4,5)6/h7,9H,1-6H3/t9-/m0/s1. The third kappa shape index (κ3) is 6.38. The average Bonchev–Trinajstić information content (AvgIpc) is 1.81. The molecule has 0 bridgehead atoms. The van der Waals surface area contributed by atoms with Crippen LogP contribution < -0.4 is 0 Å². The summed E-state index contributed by atoms with van der Waals surface area (Å²) in [6.45, 7) is 11.4. The van der Waals surface area contributed by atoms with Crippen LogP contribution in [0.5, 0.6) is 0 Å². The normalized spacial score (nSPS) is 13.4. The van der Waals surface area contributed by atoms with Crippen LogP contribution in [0.4, 0.5) is 0 Å². The first-order chi connectivity index (χ1) is 5.72. The summed E-state index contributed by atoms with van der Waals surface area (Å²) in [4.78, 5) is 11.4. The molecule has 0 aromatic heterocycles. The minimum absolute atomic E-state index is 0.149. The first kappa shape index (κ1) is 12.2. The predicted octanol–water partition coefficient (Wildman–Crippen LogP) is 2.93. The van der Waals surface area contributed by atoms with E-state index in [4.69, 9.17) is 4.74 Å². The Kier molecular flexibility index (Phi) is 4.18. The molecule has 0 spiro atoms. The number of esters is 1. The molecule has 0 aliphatic rings. The van der Waals surface area contributed by atoms with Crippen molar-refractivity contribution in [3.05, 3.63) is 11.6 Å². The van der Waals surface area contributed by atoms with E-state index in [0.29, 0.717) is 0 Å². The molecule has 76 valence electrons. The lowest BCUT2D eigenvalue weighted by atomic mass is 10.1. The van der Waals surface area contributed by atoms with Gasteiger partial charge in [-0.2, -0.15) is 0 Å². The molecular formula is C11H20O2. The summed E-state index contributed by atoms with van der Waals surface area (Å²) < 4.78 is 5.22. The molecule has 0 aliphatic carbocycles. The van der Waals surface area contributed by atoms with E-state index in [-0.39, 0.29) is 17.5 Å². The Bertz CT molecular complexity index is 205. The van der Waals surface area contributed by atoms with E-state index in [0.717, 1.165) is 5.57 Å². The van der Waals surface area contributed by atoms with Gasteiger partial charge in [0.1, 0.15) is 5.60 Å². The van der Waals surface area contributed by atoms with Crippen molar-refractivity contribution in [3.63, 3.8) is 0 Å². The highest BCUT2D eigenvalue weighted by molar-refractivity contribution is 5.74. The summed E-state index contributed by atoms with van der Waals surface area (Å²) in [7, 11) is 0. The lowest BCUT2D eigenvalue weighted by Gasteiger charge is -2.21. The number of rotatable bonds is 2. The number of hydrogen-bond acceptors (Lipinski definition) is 2. The number of ether oxygens (including phenoxy) is 1. The SMILES string of the molecule is CC(C)=C[C@H](C)C(=O)OC(C)(C)C. The number of carbonyl (C=O) groups is 1. The Morgan fingerprint density at radius 1 is 1.31 bits per heavy atom. The third-order valence-electron chi connectivity index (χ3n) is 1.36. The van der Waals surface area contributed by atoms with Crippen LogP contribution >= 0.6 is 0 Å². The molecule has 0 aliphatic heterocycles. The molecule has 0 saturated heterocycles. The Morgan fingerprint density at radius 3 is 2.08 bits per heavy atom. The van der Waals surface area contributed by atoms with Gasteiger partial charge >= 0.3 is 5.97 Å². The molecule has 2 heteroatoms. The molecular weight excluding hydrogens is 164 g/mol. The van der Waals surface area contributed by atoms with Gasteiger partial charge in [0, 0.05) is 0 Å². The van der Waals surface area contributed by atoms with Gasteiger partial charge in [0.15, 0.2) is 0 Å². The molecule has 0 saturated carbocycles. The Labute approximate surface area is 81.0 Å². The molecule has 0 aromatic carbocycles. The Balaban J connectivity index is 4.21. The van der Waals surface area contributed by atoms with Gasteiger partial charge in [-0.15, -0.1) is 0 Å². The monoisotopic (exact) mass is 184 g/mol. The van der Waals surface area contributed by atoms with Crippen LogP contribution in [-0.2, 0) is 9.53 Å². The molecule has 0 fully saturated rings. The largest absolute Gasteiger partial charge is 0.460 e. The average molecular weight is 184 g/mol. The first-order valence-electron chi connectivity index (χ1n) is 4.60. The van der Waals surface area contributed by atoms with Crippen molar-refractivity contribution in [1.82, 2.24) is 0 Å². The van der Waals surface area contributed by atoms with E-state index in [1.807, 2.05) is 47.6 Å². The van der Waals surface area contributed by atoms with Gasteiger partial charge in [-0.05, 0) is 41.5 Å². The van der Waals surface area contributed by atoms with Crippen LogP contribution in [0.3, 0.4) is 0 Å².